The van der Waals surface area contributed by atoms with E-state index in [2.05, 4.69) is 4.98 Å². The molecular weight excluding hydrogens is 221 g/mol. The normalized spacial score (nSPS) is 15.2. The molecular formula is C9H13Cl2N3. The smallest absolute Gasteiger partial charge is 0.135 e. The molecule has 0 saturated heterocycles. The van der Waals surface area contributed by atoms with Crippen molar-refractivity contribution in [3.05, 3.63) is 28.0 Å². The van der Waals surface area contributed by atoms with Crippen molar-refractivity contribution in [1.29, 1.82) is 0 Å². The number of rotatable bonds is 3. The second-order valence-electron chi connectivity index (χ2n) is 3.11. The summed E-state index contributed by atoms with van der Waals surface area (Å²) in [5, 5.41) is 0.685. The van der Waals surface area contributed by atoms with E-state index in [0.29, 0.717) is 10.3 Å². The molecule has 0 saturated carbocycles. The van der Waals surface area contributed by atoms with E-state index in [1.54, 1.807) is 12.1 Å². The van der Waals surface area contributed by atoms with E-state index < -0.39 is 0 Å². The second kappa shape index (κ2) is 4.94. The molecule has 3 nitrogen and oxygen atoms in total. The minimum atomic E-state index is -0.294. The van der Waals surface area contributed by atoms with Crippen LogP contribution in [0.15, 0.2) is 12.1 Å². The highest BCUT2D eigenvalue weighted by molar-refractivity contribution is 6.32. The Labute approximate surface area is 93.4 Å². The third kappa shape index (κ3) is 2.58. The first kappa shape index (κ1) is 11.7. The molecule has 4 N–H and O–H groups in total. The minimum Gasteiger partial charge on any atom is -0.326 e. The SMILES string of the molecule is CCC(N)C(N)c1ccc(Cl)nc1Cl. The Balaban J connectivity index is 2.95. The summed E-state index contributed by atoms with van der Waals surface area (Å²) < 4.78 is 0. The van der Waals surface area contributed by atoms with Gasteiger partial charge in [-0.05, 0) is 12.5 Å². The van der Waals surface area contributed by atoms with Crippen LogP contribution in [0.25, 0.3) is 0 Å². The van der Waals surface area contributed by atoms with Gasteiger partial charge in [-0.15, -0.1) is 0 Å². The summed E-state index contributed by atoms with van der Waals surface area (Å²) in [4.78, 5) is 3.91. The second-order valence-corrected chi connectivity index (χ2v) is 3.86. The maximum Gasteiger partial charge on any atom is 0.135 e. The fourth-order valence-corrected chi connectivity index (χ4v) is 1.63. The molecule has 2 unspecified atom stereocenters. The third-order valence-electron chi connectivity index (χ3n) is 2.14. The highest BCUT2D eigenvalue weighted by atomic mass is 35.5. The summed E-state index contributed by atoms with van der Waals surface area (Å²) in [5.41, 5.74) is 12.5. The molecule has 1 aromatic rings. The molecule has 0 spiro atoms. The molecule has 0 bridgehead atoms. The minimum absolute atomic E-state index is 0.115. The number of aromatic nitrogens is 1. The van der Waals surface area contributed by atoms with Gasteiger partial charge in [-0.2, -0.15) is 0 Å². The van der Waals surface area contributed by atoms with Crippen molar-refractivity contribution in [2.75, 3.05) is 0 Å². The van der Waals surface area contributed by atoms with Crippen LogP contribution >= 0.6 is 23.2 Å². The predicted octanol–water partition coefficient (Wildman–Crippen LogP) is 2.13. The summed E-state index contributed by atoms with van der Waals surface area (Å²) >= 11 is 11.6. The summed E-state index contributed by atoms with van der Waals surface area (Å²) in [5.74, 6) is 0. The average molecular weight is 234 g/mol. The van der Waals surface area contributed by atoms with Crippen LogP contribution in [-0.2, 0) is 0 Å². The van der Waals surface area contributed by atoms with E-state index in [-0.39, 0.29) is 12.1 Å². The molecule has 14 heavy (non-hydrogen) atoms. The fourth-order valence-electron chi connectivity index (χ4n) is 1.16. The quantitative estimate of drug-likeness (QED) is 0.787. The lowest BCUT2D eigenvalue weighted by molar-refractivity contribution is 0.531. The zero-order valence-corrected chi connectivity index (χ0v) is 9.39. The highest BCUT2D eigenvalue weighted by Crippen LogP contribution is 2.23. The molecule has 0 aromatic carbocycles. The van der Waals surface area contributed by atoms with Gasteiger partial charge in [0, 0.05) is 17.6 Å². The van der Waals surface area contributed by atoms with Gasteiger partial charge in [0.05, 0.1) is 0 Å². The van der Waals surface area contributed by atoms with Gasteiger partial charge >= 0.3 is 0 Å². The van der Waals surface area contributed by atoms with Crippen molar-refractivity contribution in [1.82, 2.24) is 4.98 Å². The number of nitrogens with zero attached hydrogens (tertiary/aromatic N) is 1. The molecule has 78 valence electrons. The van der Waals surface area contributed by atoms with Crippen LogP contribution in [0, 0.1) is 0 Å². The fraction of sp³-hybridized carbons (Fsp3) is 0.444. The molecule has 0 amide bonds. The molecule has 0 aliphatic rings. The molecule has 1 rings (SSSR count). The van der Waals surface area contributed by atoms with Gasteiger partial charge in [-0.25, -0.2) is 4.98 Å². The van der Waals surface area contributed by atoms with Crippen molar-refractivity contribution in [2.24, 2.45) is 11.5 Å². The maximum atomic E-state index is 5.91. The van der Waals surface area contributed by atoms with Crippen LogP contribution in [0.1, 0.15) is 24.9 Å². The van der Waals surface area contributed by atoms with Gasteiger partial charge in [0.2, 0.25) is 0 Å². The Morgan fingerprint density at radius 2 is 2.00 bits per heavy atom. The van der Waals surface area contributed by atoms with Crippen molar-refractivity contribution in [3.8, 4) is 0 Å². The zero-order chi connectivity index (χ0) is 10.7. The maximum absolute atomic E-state index is 5.91. The van der Waals surface area contributed by atoms with Crippen LogP contribution in [0.2, 0.25) is 10.3 Å². The lowest BCUT2D eigenvalue weighted by atomic mass is 10.0. The molecule has 1 aromatic heterocycles. The zero-order valence-electron chi connectivity index (χ0n) is 7.87. The van der Waals surface area contributed by atoms with Crippen molar-refractivity contribution < 1.29 is 0 Å². The topological polar surface area (TPSA) is 64.9 Å². The average Bonchev–Trinajstić information content (AvgIpc) is 2.15. The van der Waals surface area contributed by atoms with Gasteiger partial charge in [0.1, 0.15) is 10.3 Å². The summed E-state index contributed by atoms with van der Waals surface area (Å²) in [6.07, 6.45) is 0.792. The number of hydrogen-bond acceptors (Lipinski definition) is 3. The van der Waals surface area contributed by atoms with E-state index >= 15 is 0 Å². The molecule has 2 atom stereocenters. The molecule has 0 fully saturated rings. The Bertz CT molecular complexity index is 317. The summed E-state index contributed by atoms with van der Waals surface area (Å²) in [6.45, 7) is 1.97. The summed E-state index contributed by atoms with van der Waals surface area (Å²) in [6, 6.07) is 3.01. The molecule has 0 aliphatic heterocycles. The van der Waals surface area contributed by atoms with Crippen LogP contribution in [0.5, 0.6) is 0 Å². The molecule has 5 heteroatoms. The monoisotopic (exact) mass is 233 g/mol. The van der Waals surface area contributed by atoms with Gasteiger partial charge in [-0.3, -0.25) is 0 Å². The van der Waals surface area contributed by atoms with E-state index in [9.17, 15) is 0 Å². The molecule has 0 aliphatic carbocycles. The largest absolute Gasteiger partial charge is 0.326 e. The Kier molecular flexibility index (Phi) is 4.13. The van der Waals surface area contributed by atoms with Crippen LogP contribution in [0.3, 0.4) is 0 Å². The lowest BCUT2D eigenvalue weighted by Crippen LogP contribution is -2.33. The molecule has 0 radical (unpaired) electrons. The van der Waals surface area contributed by atoms with E-state index in [1.807, 2.05) is 6.92 Å². The Morgan fingerprint density at radius 1 is 1.36 bits per heavy atom. The first-order chi connectivity index (χ1) is 6.56. The molecule has 1 heterocycles. The van der Waals surface area contributed by atoms with Gasteiger partial charge < -0.3 is 11.5 Å². The highest BCUT2D eigenvalue weighted by Gasteiger charge is 2.17. The van der Waals surface area contributed by atoms with Crippen LogP contribution in [-0.4, -0.2) is 11.0 Å². The van der Waals surface area contributed by atoms with Crippen molar-refractivity contribution in [3.63, 3.8) is 0 Å². The van der Waals surface area contributed by atoms with E-state index in [4.69, 9.17) is 34.7 Å². The Morgan fingerprint density at radius 3 is 2.50 bits per heavy atom. The number of nitrogens with two attached hydrogens (primary N) is 2. The predicted molar refractivity (Wildman–Crippen MR) is 59.5 cm³/mol. The Hall–Kier alpha value is -0.350. The number of hydrogen-bond donors (Lipinski definition) is 2. The third-order valence-corrected chi connectivity index (χ3v) is 2.65. The number of halogens is 2. The van der Waals surface area contributed by atoms with Gasteiger partial charge in [-0.1, -0.05) is 36.2 Å². The van der Waals surface area contributed by atoms with Gasteiger partial charge in [0.25, 0.3) is 0 Å². The number of pyridine rings is 1. The van der Waals surface area contributed by atoms with Gasteiger partial charge in [0.15, 0.2) is 0 Å². The van der Waals surface area contributed by atoms with Crippen LogP contribution < -0.4 is 11.5 Å². The van der Waals surface area contributed by atoms with E-state index in [1.165, 1.54) is 0 Å². The summed E-state index contributed by atoms with van der Waals surface area (Å²) in [7, 11) is 0. The van der Waals surface area contributed by atoms with Crippen molar-refractivity contribution >= 4 is 23.2 Å². The standard InChI is InChI=1S/C9H13Cl2N3/c1-2-6(12)8(13)5-3-4-7(10)14-9(5)11/h3-4,6,8H,2,12-13H2,1H3. The van der Waals surface area contributed by atoms with Crippen molar-refractivity contribution in [2.45, 2.75) is 25.4 Å². The van der Waals surface area contributed by atoms with Crippen LogP contribution in [0.4, 0.5) is 0 Å². The van der Waals surface area contributed by atoms with E-state index in [0.717, 1.165) is 12.0 Å². The first-order valence-electron chi connectivity index (χ1n) is 4.39. The lowest BCUT2D eigenvalue weighted by Gasteiger charge is -2.19. The first-order valence-corrected chi connectivity index (χ1v) is 5.15.